The van der Waals surface area contributed by atoms with Gasteiger partial charge in [0.1, 0.15) is 0 Å². The third-order valence-electron chi connectivity index (χ3n) is 3.34. The molecule has 0 aromatic rings. The topological polar surface area (TPSA) is 37.4 Å². The molecule has 0 heterocycles. The lowest BCUT2D eigenvalue weighted by Gasteiger charge is -2.12. The zero-order valence-corrected chi connectivity index (χ0v) is 12.3. The number of imide groups is 1. The maximum atomic E-state index is 11.5. The minimum absolute atomic E-state index is 0.0505. The second kappa shape index (κ2) is 11.2. The van der Waals surface area contributed by atoms with Gasteiger partial charge in [-0.25, -0.2) is 0 Å². The van der Waals surface area contributed by atoms with Crippen LogP contribution in [0.15, 0.2) is 0 Å². The molecule has 0 saturated carbocycles. The van der Waals surface area contributed by atoms with Gasteiger partial charge >= 0.3 is 0 Å². The summed E-state index contributed by atoms with van der Waals surface area (Å²) in [6.45, 7) is 3.66. The van der Waals surface area contributed by atoms with Gasteiger partial charge in [-0.15, -0.1) is 0 Å². The van der Waals surface area contributed by atoms with Gasteiger partial charge in [0, 0.05) is 20.4 Å². The smallest absolute Gasteiger partial charge is 0.228 e. The van der Waals surface area contributed by atoms with Gasteiger partial charge in [0.15, 0.2) is 0 Å². The Labute approximate surface area is 112 Å². The minimum Gasteiger partial charge on any atom is -0.286 e. The van der Waals surface area contributed by atoms with Crippen molar-refractivity contribution in [1.82, 2.24) is 4.90 Å². The van der Waals surface area contributed by atoms with Gasteiger partial charge in [-0.05, 0) is 6.42 Å². The largest absolute Gasteiger partial charge is 0.286 e. The summed E-state index contributed by atoms with van der Waals surface area (Å²) in [5.41, 5.74) is 0. The zero-order chi connectivity index (χ0) is 13.8. The highest BCUT2D eigenvalue weighted by molar-refractivity contribution is 5.93. The van der Waals surface area contributed by atoms with Crippen LogP contribution < -0.4 is 0 Å². The minimum atomic E-state index is -0.170. The van der Waals surface area contributed by atoms with Gasteiger partial charge < -0.3 is 0 Å². The molecule has 0 fully saturated rings. The van der Waals surface area contributed by atoms with Crippen molar-refractivity contribution in [3.8, 4) is 0 Å². The lowest BCUT2D eigenvalue weighted by atomic mass is 10.1. The molecule has 0 aromatic heterocycles. The summed E-state index contributed by atoms with van der Waals surface area (Å²) in [6.07, 6.45) is 11.7. The first kappa shape index (κ1) is 17.1. The van der Waals surface area contributed by atoms with Crippen molar-refractivity contribution in [2.75, 3.05) is 7.05 Å². The van der Waals surface area contributed by atoms with E-state index in [1.165, 1.54) is 56.8 Å². The van der Waals surface area contributed by atoms with Crippen molar-refractivity contribution >= 4 is 11.8 Å². The van der Waals surface area contributed by atoms with Crippen molar-refractivity contribution in [3.05, 3.63) is 0 Å². The lowest BCUT2D eigenvalue weighted by molar-refractivity contribution is -0.141. The van der Waals surface area contributed by atoms with Gasteiger partial charge in [0.05, 0.1) is 0 Å². The molecule has 0 bridgehead atoms. The molecule has 0 aliphatic carbocycles. The Bertz CT molecular complexity index is 239. The van der Waals surface area contributed by atoms with Gasteiger partial charge in [0.25, 0.3) is 0 Å². The van der Waals surface area contributed by atoms with Gasteiger partial charge in [-0.3, -0.25) is 14.5 Å². The van der Waals surface area contributed by atoms with Crippen LogP contribution in [0.25, 0.3) is 0 Å². The van der Waals surface area contributed by atoms with Crippen molar-refractivity contribution in [1.29, 1.82) is 0 Å². The van der Waals surface area contributed by atoms with E-state index in [0.717, 1.165) is 12.8 Å². The Hall–Kier alpha value is -0.860. The van der Waals surface area contributed by atoms with Crippen LogP contribution in [0.3, 0.4) is 0 Å². The summed E-state index contributed by atoms with van der Waals surface area (Å²) in [4.78, 5) is 23.7. The standard InChI is InChI=1S/C15H29NO2/c1-4-5-6-7-8-9-10-11-12-13-15(18)16(3)14(2)17/h4-13H2,1-3H3. The molecule has 3 nitrogen and oxygen atoms in total. The van der Waals surface area contributed by atoms with Crippen LogP contribution in [-0.4, -0.2) is 23.8 Å². The Morgan fingerprint density at radius 3 is 1.72 bits per heavy atom. The van der Waals surface area contributed by atoms with Crippen LogP contribution >= 0.6 is 0 Å². The Morgan fingerprint density at radius 2 is 1.28 bits per heavy atom. The van der Waals surface area contributed by atoms with Gasteiger partial charge in [-0.1, -0.05) is 58.3 Å². The highest BCUT2D eigenvalue weighted by atomic mass is 16.2. The summed E-state index contributed by atoms with van der Waals surface area (Å²) >= 11 is 0. The first-order chi connectivity index (χ1) is 8.59. The number of unbranched alkanes of at least 4 members (excludes halogenated alkanes) is 8. The van der Waals surface area contributed by atoms with E-state index in [2.05, 4.69) is 6.92 Å². The Balaban J connectivity index is 3.30. The van der Waals surface area contributed by atoms with E-state index < -0.39 is 0 Å². The summed E-state index contributed by atoms with van der Waals surface area (Å²) in [6, 6.07) is 0. The van der Waals surface area contributed by atoms with E-state index in [0.29, 0.717) is 6.42 Å². The Morgan fingerprint density at radius 1 is 0.833 bits per heavy atom. The highest BCUT2D eigenvalue weighted by Crippen LogP contribution is 2.10. The van der Waals surface area contributed by atoms with E-state index in [9.17, 15) is 9.59 Å². The Kier molecular flexibility index (Phi) is 10.7. The first-order valence-electron chi connectivity index (χ1n) is 7.36. The van der Waals surface area contributed by atoms with Crippen LogP contribution in [0.1, 0.15) is 78.1 Å². The fourth-order valence-electron chi connectivity index (χ4n) is 1.93. The average Bonchev–Trinajstić information content (AvgIpc) is 2.35. The number of carbonyl (C=O) groups is 2. The molecule has 106 valence electrons. The van der Waals surface area contributed by atoms with Crippen LogP contribution in [0, 0.1) is 0 Å². The molecular weight excluding hydrogens is 226 g/mol. The third-order valence-corrected chi connectivity index (χ3v) is 3.34. The summed E-state index contributed by atoms with van der Waals surface area (Å²) in [7, 11) is 1.55. The number of hydrogen-bond acceptors (Lipinski definition) is 2. The molecule has 18 heavy (non-hydrogen) atoms. The van der Waals surface area contributed by atoms with E-state index in [-0.39, 0.29) is 11.8 Å². The molecule has 0 radical (unpaired) electrons. The van der Waals surface area contributed by atoms with Crippen molar-refractivity contribution in [2.45, 2.75) is 78.1 Å². The van der Waals surface area contributed by atoms with E-state index >= 15 is 0 Å². The molecular formula is C15H29NO2. The average molecular weight is 255 g/mol. The summed E-state index contributed by atoms with van der Waals surface area (Å²) < 4.78 is 0. The van der Waals surface area contributed by atoms with E-state index in [1.807, 2.05) is 0 Å². The van der Waals surface area contributed by atoms with Crippen molar-refractivity contribution < 1.29 is 9.59 Å². The lowest BCUT2D eigenvalue weighted by Crippen LogP contribution is -2.30. The SMILES string of the molecule is CCCCCCCCCCCC(=O)N(C)C(C)=O. The van der Waals surface area contributed by atoms with Crippen molar-refractivity contribution in [2.24, 2.45) is 0 Å². The van der Waals surface area contributed by atoms with Crippen molar-refractivity contribution in [3.63, 3.8) is 0 Å². The molecule has 0 atom stereocenters. The zero-order valence-electron chi connectivity index (χ0n) is 12.3. The van der Waals surface area contributed by atoms with Crippen LogP contribution in [0.4, 0.5) is 0 Å². The van der Waals surface area contributed by atoms with E-state index in [1.54, 1.807) is 7.05 Å². The molecule has 0 aromatic carbocycles. The maximum Gasteiger partial charge on any atom is 0.228 e. The molecule has 0 aliphatic heterocycles. The van der Waals surface area contributed by atoms with E-state index in [4.69, 9.17) is 0 Å². The molecule has 3 heteroatoms. The summed E-state index contributed by atoms with van der Waals surface area (Å²) in [5.74, 6) is -0.221. The third kappa shape index (κ3) is 9.20. The van der Waals surface area contributed by atoms with Crippen LogP contribution in [-0.2, 0) is 9.59 Å². The number of rotatable bonds is 10. The number of nitrogens with zero attached hydrogens (tertiary/aromatic N) is 1. The molecule has 0 aliphatic rings. The second-order valence-corrected chi connectivity index (χ2v) is 5.05. The number of carbonyl (C=O) groups excluding carboxylic acids is 2. The number of hydrogen-bond donors (Lipinski definition) is 0. The molecule has 0 spiro atoms. The maximum absolute atomic E-state index is 11.5. The molecule has 0 rings (SSSR count). The highest BCUT2D eigenvalue weighted by Gasteiger charge is 2.11. The molecule has 0 N–H and O–H groups in total. The van der Waals surface area contributed by atoms with Crippen LogP contribution in [0.2, 0.25) is 0 Å². The normalized spacial score (nSPS) is 10.4. The molecule has 0 unspecified atom stereocenters. The quantitative estimate of drug-likeness (QED) is 0.555. The monoisotopic (exact) mass is 255 g/mol. The second-order valence-electron chi connectivity index (χ2n) is 5.05. The predicted molar refractivity (Wildman–Crippen MR) is 75.3 cm³/mol. The van der Waals surface area contributed by atoms with Gasteiger partial charge in [0.2, 0.25) is 11.8 Å². The fourth-order valence-corrected chi connectivity index (χ4v) is 1.93. The number of amides is 2. The molecule has 2 amide bonds. The first-order valence-corrected chi connectivity index (χ1v) is 7.36. The predicted octanol–water partition coefficient (Wildman–Crippen LogP) is 3.91. The van der Waals surface area contributed by atoms with Gasteiger partial charge in [-0.2, -0.15) is 0 Å². The summed E-state index contributed by atoms with van der Waals surface area (Å²) in [5, 5.41) is 0. The molecule has 0 saturated heterocycles. The van der Waals surface area contributed by atoms with Crippen LogP contribution in [0.5, 0.6) is 0 Å². The fraction of sp³-hybridized carbons (Fsp3) is 0.867.